The largest absolute Gasteiger partial charge is 0.404 e. The first kappa shape index (κ1) is 14.6. The van der Waals surface area contributed by atoms with Crippen LogP contribution in [0.25, 0.3) is 0 Å². The lowest BCUT2D eigenvalue weighted by atomic mass is 9.94. The molecule has 1 unspecified atom stereocenters. The van der Waals surface area contributed by atoms with Crippen LogP contribution in [0.3, 0.4) is 0 Å². The number of alkyl halides is 2. The summed E-state index contributed by atoms with van der Waals surface area (Å²) in [5, 5.41) is 0. The average Bonchev–Trinajstić information content (AvgIpc) is 2.44. The molecule has 1 aliphatic carbocycles. The minimum atomic E-state index is -2.77. The molecule has 2 rings (SSSR count). The van der Waals surface area contributed by atoms with Crippen LogP contribution >= 0.6 is 0 Å². The fourth-order valence-corrected chi connectivity index (χ4v) is 2.35. The molecule has 0 radical (unpaired) electrons. The molecule has 6 heteroatoms. The van der Waals surface area contributed by atoms with E-state index >= 15 is 0 Å². The lowest BCUT2D eigenvalue weighted by Gasteiger charge is -2.17. The van der Waals surface area contributed by atoms with Gasteiger partial charge in [-0.05, 0) is 43.2 Å². The third kappa shape index (κ3) is 3.39. The molecule has 20 heavy (non-hydrogen) atoms. The number of rotatable bonds is 1. The smallest absolute Gasteiger partial charge is 0.332 e. The number of pyridine rings is 1. The molecule has 4 nitrogen and oxygen atoms in total. The summed E-state index contributed by atoms with van der Waals surface area (Å²) in [7, 11) is 0. The van der Waals surface area contributed by atoms with E-state index in [1.807, 2.05) is 0 Å². The topological polar surface area (TPSA) is 77.3 Å². The summed E-state index contributed by atoms with van der Waals surface area (Å²) in [6, 6.07) is 3.20. The van der Waals surface area contributed by atoms with Crippen molar-refractivity contribution < 1.29 is 8.78 Å². The average molecular weight is 280 g/mol. The number of nitrogens with zero attached hydrogens (tertiary/aromatic N) is 2. The van der Waals surface area contributed by atoms with Crippen LogP contribution in [0.15, 0.2) is 35.1 Å². The molecular formula is C14H18F2N4. The Labute approximate surface area is 116 Å². The molecule has 0 aliphatic heterocycles. The number of nitrogens with two attached hydrogens (primary N) is 2. The molecule has 108 valence electrons. The SMILES string of the molecule is NC=C1CCCCC(N)c2cc(ccn2)C1=NC(F)F. The van der Waals surface area contributed by atoms with Gasteiger partial charge in [0.25, 0.3) is 0 Å². The van der Waals surface area contributed by atoms with E-state index in [0.29, 0.717) is 23.3 Å². The van der Waals surface area contributed by atoms with Gasteiger partial charge in [-0.2, -0.15) is 8.78 Å². The van der Waals surface area contributed by atoms with E-state index in [4.69, 9.17) is 11.5 Å². The molecule has 1 atom stereocenters. The number of halogens is 2. The number of hydrogen-bond acceptors (Lipinski definition) is 4. The number of hydrogen-bond donors (Lipinski definition) is 2. The summed E-state index contributed by atoms with van der Waals surface area (Å²) >= 11 is 0. The van der Waals surface area contributed by atoms with E-state index in [0.717, 1.165) is 19.3 Å². The van der Waals surface area contributed by atoms with Gasteiger partial charge in [-0.15, -0.1) is 0 Å². The third-order valence-electron chi connectivity index (χ3n) is 3.38. The van der Waals surface area contributed by atoms with Crippen molar-refractivity contribution in [3.63, 3.8) is 0 Å². The minimum Gasteiger partial charge on any atom is -0.404 e. The van der Waals surface area contributed by atoms with Gasteiger partial charge in [0.15, 0.2) is 0 Å². The normalized spacial score (nSPS) is 24.3. The van der Waals surface area contributed by atoms with Crippen LogP contribution in [0.5, 0.6) is 0 Å². The maximum absolute atomic E-state index is 12.7. The molecule has 4 N–H and O–H groups in total. The molecule has 1 aromatic heterocycles. The van der Waals surface area contributed by atoms with Crippen LogP contribution in [0.1, 0.15) is 43.0 Å². The quantitative estimate of drug-likeness (QED) is 0.776. The highest BCUT2D eigenvalue weighted by molar-refractivity contribution is 6.12. The first-order valence-electron chi connectivity index (χ1n) is 6.61. The molecule has 0 spiro atoms. The lowest BCUT2D eigenvalue weighted by Crippen LogP contribution is -2.16. The van der Waals surface area contributed by atoms with Gasteiger partial charge in [-0.1, -0.05) is 6.42 Å². The first-order valence-corrected chi connectivity index (χ1v) is 6.61. The van der Waals surface area contributed by atoms with Crippen molar-refractivity contribution in [1.29, 1.82) is 0 Å². The zero-order valence-corrected chi connectivity index (χ0v) is 11.1. The maximum Gasteiger partial charge on any atom is 0.332 e. The van der Waals surface area contributed by atoms with Crippen LogP contribution in [0.4, 0.5) is 8.78 Å². The van der Waals surface area contributed by atoms with E-state index in [9.17, 15) is 8.78 Å². The highest BCUT2D eigenvalue weighted by Gasteiger charge is 2.17. The van der Waals surface area contributed by atoms with Crippen molar-refractivity contribution in [3.8, 4) is 0 Å². The van der Waals surface area contributed by atoms with E-state index in [1.165, 1.54) is 6.20 Å². The van der Waals surface area contributed by atoms with Crippen molar-refractivity contribution in [3.05, 3.63) is 41.4 Å². The molecule has 0 fully saturated rings. The number of aliphatic imine (C=N–C) groups is 1. The van der Waals surface area contributed by atoms with E-state index in [1.54, 1.807) is 18.3 Å². The van der Waals surface area contributed by atoms with Crippen LogP contribution in [-0.4, -0.2) is 17.2 Å². The second-order valence-corrected chi connectivity index (χ2v) is 4.77. The molecule has 0 aromatic carbocycles. The Kier molecular flexibility index (Phi) is 4.79. The van der Waals surface area contributed by atoms with Crippen molar-refractivity contribution in [2.75, 3.05) is 0 Å². The zero-order valence-electron chi connectivity index (χ0n) is 11.1. The van der Waals surface area contributed by atoms with Gasteiger partial charge in [-0.3, -0.25) is 4.98 Å². The Bertz CT molecular complexity index is 526. The fraction of sp³-hybridized carbons (Fsp3) is 0.429. The standard InChI is InChI=1S/C14H18F2N4/c15-14(16)20-13-9-5-6-19-12(7-9)11(18)4-2-1-3-10(13)8-17/h5-8,11,14H,1-4,17-18H2. The summed E-state index contributed by atoms with van der Waals surface area (Å²) in [5.41, 5.74) is 13.8. The number of allylic oxidation sites excluding steroid dienone is 1. The predicted octanol–water partition coefficient (Wildman–Crippen LogP) is 2.51. The summed E-state index contributed by atoms with van der Waals surface area (Å²) in [6.07, 6.45) is 6.10. The van der Waals surface area contributed by atoms with Crippen LogP contribution in [-0.2, 0) is 0 Å². The Morgan fingerprint density at radius 2 is 2.20 bits per heavy atom. The lowest BCUT2D eigenvalue weighted by molar-refractivity contribution is 0.160. The van der Waals surface area contributed by atoms with Gasteiger partial charge in [0, 0.05) is 17.8 Å². The third-order valence-corrected chi connectivity index (χ3v) is 3.38. The number of aromatic nitrogens is 1. The number of fused-ring (bicyclic) bond motifs is 2. The predicted molar refractivity (Wildman–Crippen MR) is 74.4 cm³/mol. The van der Waals surface area contributed by atoms with Crippen molar-refractivity contribution in [2.45, 2.75) is 38.3 Å². The molecule has 0 amide bonds. The molecule has 0 saturated carbocycles. The van der Waals surface area contributed by atoms with Crippen LogP contribution < -0.4 is 11.5 Å². The Hall–Kier alpha value is -1.82. The van der Waals surface area contributed by atoms with Gasteiger partial charge in [0.1, 0.15) is 0 Å². The highest BCUT2D eigenvalue weighted by atomic mass is 19.3. The summed E-state index contributed by atoms with van der Waals surface area (Å²) in [6.45, 7) is -2.77. The van der Waals surface area contributed by atoms with E-state index in [2.05, 4.69) is 9.98 Å². The summed E-state index contributed by atoms with van der Waals surface area (Å²) < 4.78 is 25.4. The Morgan fingerprint density at radius 1 is 1.40 bits per heavy atom. The highest BCUT2D eigenvalue weighted by Crippen LogP contribution is 2.24. The van der Waals surface area contributed by atoms with E-state index in [-0.39, 0.29) is 11.8 Å². The fourth-order valence-electron chi connectivity index (χ4n) is 2.35. The van der Waals surface area contributed by atoms with Crippen molar-refractivity contribution >= 4 is 5.71 Å². The summed E-state index contributed by atoms with van der Waals surface area (Å²) in [5.74, 6) is 0. The van der Waals surface area contributed by atoms with Gasteiger partial charge >= 0.3 is 6.55 Å². The van der Waals surface area contributed by atoms with Gasteiger partial charge in [0.2, 0.25) is 0 Å². The van der Waals surface area contributed by atoms with Crippen molar-refractivity contribution in [2.24, 2.45) is 16.5 Å². The van der Waals surface area contributed by atoms with Crippen molar-refractivity contribution in [1.82, 2.24) is 4.98 Å². The second kappa shape index (κ2) is 6.56. The minimum absolute atomic E-state index is 0.175. The van der Waals surface area contributed by atoms with Crippen LogP contribution in [0, 0.1) is 0 Å². The van der Waals surface area contributed by atoms with E-state index < -0.39 is 6.55 Å². The van der Waals surface area contributed by atoms with Gasteiger partial charge in [0.05, 0.1) is 11.4 Å². The molecule has 1 heterocycles. The Morgan fingerprint density at radius 3 is 2.90 bits per heavy atom. The van der Waals surface area contributed by atoms with Crippen LogP contribution in [0.2, 0.25) is 0 Å². The molecule has 0 saturated heterocycles. The molecule has 1 aliphatic rings. The summed E-state index contributed by atoms with van der Waals surface area (Å²) in [4.78, 5) is 7.64. The Balaban J connectivity index is 2.52. The molecule has 1 aromatic rings. The van der Waals surface area contributed by atoms with Gasteiger partial charge < -0.3 is 11.5 Å². The first-order chi connectivity index (χ1) is 9.61. The zero-order chi connectivity index (χ0) is 14.5. The molecular weight excluding hydrogens is 262 g/mol. The molecule has 2 bridgehead atoms. The maximum atomic E-state index is 12.7. The van der Waals surface area contributed by atoms with Gasteiger partial charge in [-0.25, -0.2) is 4.99 Å². The second-order valence-electron chi connectivity index (χ2n) is 4.77. The monoisotopic (exact) mass is 280 g/mol.